The average molecular weight is 308 g/mol. The van der Waals surface area contributed by atoms with Gasteiger partial charge in [-0.15, -0.1) is 0 Å². The number of nitrogens with zero attached hydrogens (tertiary/aromatic N) is 1. The standard InChI is InChI=1S/C19H20N2O2/c1-2-3-8-18(22)20-15-11-9-14(10-12-15)13-19-21-16-6-4-5-7-17(16)23-19/h4-7,9-12H,2-3,8,13H2,1H3,(H,20,22). The maximum atomic E-state index is 11.7. The van der Waals surface area contributed by atoms with Crippen LogP contribution >= 0.6 is 0 Å². The van der Waals surface area contributed by atoms with Crippen LogP contribution in [0.1, 0.15) is 37.6 Å². The predicted octanol–water partition coefficient (Wildman–Crippen LogP) is 4.55. The first-order valence-corrected chi connectivity index (χ1v) is 7.98. The molecular weight excluding hydrogens is 288 g/mol. The fraction of sp³-hybridized carbons (Fsp3) is 0.263. The number of carbonyl (C=O) groups excluding carboxylic acids is 1. The van der Waals surface area contributed by atoms with Gasteiger partial charge in [-0.3, -0.25) is 4.79 Å². The molecule has 1 heterocycles. The van der Waals surface area contributed by atoms with Crippen LogP contribution in [-0.2, 0) is 11.2 Å². The molecule has 1 amide bonds. The largest absolute Gasteiger partial charge is 0.440 e. The van der Waals surface area contributed by atoms with Crippen LogP contribution in [0.15, 0.2) is 52.9 Å². The molecule has 1 N–H and O–H groups in total. The summed E-state index contributed by atoms with van der Waals surface area (Å²) < 4.78 is 5.73. The first-order chi connectivity index (χ1) is 11.2. The lowest BCUT2D eigenvalue weighted by atomic mass is 10.1. The van der Waals surface area contributed by atoms with Crippen LogP contribution in [0.2, 0.25) is 0 Å². The van der Waals surface area contributed by atoms with Crippen LogP contribution < -0.4 is 5.32 Å². The number of amides is 1. The van der Waals surface area contributed by atoms with E-state index in [9.17, 15) is 4.79 Å². The predicted molar refractivity (Wildman–Crippen MR) is 91.4 cm³/mol. The highest BCUT2D eigenvalue weighted by Gasteiger charge is 2.06. The van der Waals surface area contributed by atoms with Crippen molar-refractivity contribution in [3.05, 3.63) is 60.0 Å². The van der Waals surface area contributed by atoms with Gasteiger partial charge < -0.3 is 9.73 Å². The van der Waals surface area contributed by atoms with Gasteiger partial charge in [0.25, 0.3) is 0 Å². The lowest BCUT2D eigenvalue weighted by molar-refractivity contribution is -0.116. The molecule has 1 aromatic heterocycles. The molecule has 0 aliphatic carbocycles. The molecule has 3 rings (SSSR count). The molecule has 4 nitrogen and oxygen atoms in total. The number of benzene rings is 2. The van der Waals surface area contributed by atoms with Crippen LogP contribution in [-0.4, -0.2) is 10.9 Å². The molecule has 0 saturated carbocycles. The molecule has 3 aromatic rings. The second-order valence-corrected chi connectivity index (χ2v) is 5.60. The van der Waals surface area contributed by atoms with Crippen molar-refractivity contribution < 1.29 is 9.21 Å². The Morgan fingerprint density at radius 3 is 2.65 bits per heavy atom. The minimum atomic E-state index is 0.0681. The normalized spacial score (nSPS) is 10.8. The van der Waals surface area contributed by atoms with Crippen LogP contribution in [0.4, 0.5) is 5.69 Å². The molecule has 0 fully saturated rings. The van der Waals surface area contributed by atoms with Gasteiger partial charge in [-0.25, -0.2) is 4.98 Å². The number of rotatable bonds is 6. The number of aromatic nitrogens is 1. The van der Waals surface area contributed by atoms with Crippen molar-refractivity contribution in [2.75, 3.05) is 5.32 Å². The maximum absolute atomic E-state index is 11.7. The number of unbranched alkanes of at least 4 members (excludes halogenated alkanes) is 1. The second-order valence-electron chi connectivity index (χ2n) is 5.60. The van der Waals surface area contributed by atoms with Crippen molar-refractivity contribution >= 4 is 22.7 Å². The second kappa shape index (κ2) is 7.09. The molecule has 0 saturated heterocycles. The first-order valence-electron chi connectivity index (χ1n) is 7.98. The molecule has 0 bridgehead atoms. The van der Waals surface area contributed by atoms with Gasteiger partial charge in [0.1, 0.15) is 5.52 Å². The van der Waals surface area contributed by atoms with E-state index in [-0.39, 0.29) is 5.91 Å². The van der Waals surface area contributed by atoms with Crippen LogP contribution in [0.3, 0.4) is 0 Å². The Kier molecular flexibility index (Phi) is 4.71. The van der Waals surface area contributed by atoms with E-state index in [0.717, 1.165) is 35.2 Å². The smallest absolute Gasteiger partial charge is 0.224 e. The molecule has 118 valence electrons. The van der Waals surface area contributed by atoms with E-state index in [2.05, 4.69) is 17.2 Å². The van der Waals surface area contributed by atoms with Gasteiger partial charge in [-0.05, 0) is 36.2 Å². The minimum absolute atomic E-state index is 0.0681. The summed E-state index contributed by atoms with van der Waals surface area (Å²) in [7, 11) is 0. The summed E-state index contributed by atoms with van der Waals surface area (Å²) >= 11 is 0. The van der Waals surface area contributed by atoms with Crippen molar-refractivity contribution in [2.24, 2.45) is 0 Å². The van der Waals surface area contributed by atoms with E-state index in [1.807, 2.05) is 48.5 Å². The fourth-order valence-electron chi connectivity index (χ4n) is 2.44. The lowest BCUT2D eigenvalue weighted by Gasteiger charge is -2.05. The summed E-state index contributed by atoms with van der Waals surface area (Å²) in [6, 6.07) is 15.6. The Labute approximate surface area is 135 Å². The van der Waals surface area contributed by atoms with Gasteiger partial charge in [0.15, 0.2) is 11.5 Å². The summed E-state index contributed by atoms with van der Waals surface area (Å²) in [6.07, 6.45) is 3.15. The molecule has 0 aliphatic rings. The van der Waals surface area contributed by atoms with E-state index in [0.29, 0.717) is 18.7 Å². The van der Waals surface area contributed by atoms with Crippen LogP contribution in [0.5, 0.6) is 0 Å². The first kappa shape index (κ1) is 15.3. The Balaban J connectivity index is 1.64. The quantitative estimate of drug-likeness (QED) is 0.727. The van der Waals surface area contributed by atoms with Gasteiger partial charge >= 0.3 is 0 Å². The van der Waals surface area contributed by atoms with Gasteiger partial charge in [0.2, 0.25) is 5.91 Å². The number of hydrogen-bond donors (Lipinski definition) is 1. The van der Waals surface area contributed by atoms with Crippen molar-refractivity contribution in [2.45, 2.75) is 32.6 Å². The van der Waals surface area contributed by atoms with Gasteiger partial charge in [-0.1, -0.05) is 37.6 Å². The molecule has 0 aliphatic heterocycles. The summed E-state index contributed by atoms with van der Waals surface area (Å²) in [5.41, 5.74) is 3.61. The van der Waals surface area contributed by atoms with E-state index in [4.69, 9.17) is 4.42 Å². The van der Waals surface area contributed by atoms with E-state index >= 15 is 0 Å². The number of fused-ring (bicyclic) bond motifs is 1. The van der Waals surface area contributed by atoms with Crippen molar-refractivity contribution in [3.8, 4) is 0 Å². The monoisotopic (exact) mass is 308 g/mol. The Morgan fingerprint density at radius 1 is 1.13 bits per heavy atom. The van der Waals surface area contributed by atoms with Crippen molar-refractivity contribution in [1.82, 2.24) is 4.98 Å². The third-order valence-corrected chi connectivity index (χ3v) is 3.69. The lowest BCUT2D eigenvalue weighted by Crippen LogP contribution is -2.10. The zero-order valence-electron chi connectivity index (χ0n) is 13.2. The molecule has 0 unspecified atom stereocenters. The highest BCUT2D eigenvalue weighted by Crippen LogP contribution is 2.18. The molecule has 4 heteroatoms. The fourth-order valence-corrected chi connectivity index (χ4v) is 2.44. The Morgan fingerprint density at radius 2 is 1.91 bits per heavy atom. The number of para-hydroxylation sites is 2. The number of anilines is 1. The molecule has 0 atom stereocenters. The molecule has 2 aromatic carbocycles. The summed E-state index contributed by atoms with van der Waals surface area (Å²) in [6.45, 7) is 2.08. The Bertz CT molecular complexity index is 757. The highest BCUT2D eigenvalue weighted by molar-refractivity contribution is 5.90. The van der Waals surface area contributed by atoms with E-state index < -0.39 is 0 Å². The number of hydrogen-bond acceptors (Lipinski definition) is 3. The zero-order chi connectivity index (χ0) is 16.1. The number of carbonyl (C=O) groups is 1. The topological polar surface area (TPSA) is 55.1 Å². The average Bonchev–Trinajstić information content (AvgIpc) is 2.97. The third-order valence-electron chi connectivity index (χ3n) is 3.69. The third kappa shape index (κ3) is 3.97. The maximum Gasteiger partial charge on any atom is 0.224 e. The number of nitrogens with one attached hydrogen (secondary N) is 1. The molecule has 0 radical (unpaired) electrons. The van der Waals surface area contributed by atoms with Gasteiger partial charge in [0.05, 0.1) is 0 Å². The summed E-state index contributed by atoms with van der Waals surface area (Å²) in [4.78, 5) is 16.2. The molecule has 0 spiro atoms. The SMILES string of the molecule is CCCCC(=O)Nc1ccc(Cc2nc3ccccc3o2)cc1. The molecular formula is C19H20N2O2. The van der Waals surface area contributed by atoms with Crippen LogP contribution in [0.25, 0.3) is 11.1 Å². The molecule has 23 heavy (non-hydrogen) atoms. The zero-order valence-corrected chi connectivity index (χ0v) is 13.2. The van der Waals surface area contributed by atoms with Gasteiger partial charge in [-0.2, -0.15) is 0 Å². The van der Waals surface area contributed by atoms with Gasteiger partial charge in [0, 0.05) is 18.5 Å². The summed E-state index contributed by atoms with van der Waals surface area (Å²) in [5, 5.41) is 2.91. The van der Waals surface area contributed by atoms with Crippen LogP contribution in [0, 0.1) is 0 Å². The summed E-state index contributed by atoms with van der Waals surface area (Å²) in [5.74, 6) is 0.768. The van der Waals surface area contributed by atoms with Crippen molar-refractivity contribution in [1.29, 1.82) is 0 Å². The number of oxazole rings is 1. The minimum Gasteiger partial charge on any atom is -0.440 e. The highest BCUT2D eigenvalue weighted by atomic mass is 16.3. The van der Waals surface area contributed by atoms with E-state index in [1.54, 1.807) is 0 Å². The Hall–Kier alpha value is -2.62. The van der Waals surface area contributed by atoms with Crippen molar-refractivity contribution in [3.63, 3.8) is 0 Å². The van der Waals surface area contributed by atoms with E-state index in [1.165, 1.54) is 0 Å².